The number of likely N-dealkylation sites (tertiary alicyclic amines) is 1. The van der Waals surface area contributed by atoms with E-state index in [1.165, 1.54) is 0 Å². The summed E-state index contributed by atoms with van der Waals surface area (Å²) in [6.45, 7) is 10.2. The molecule has 0 aromatic carbocycles. The Morgan fingerprint density at radius 1 is 1.43 bits per heavy atom. The molecule has 1 unspecified atom stereocenters. The molecule has 1 heterocycles. The van der Waals surface area contributed by atoms with Crippen LogP contribution >= 0.6 is 0 Å². The number of carboxylic acid groups (broad SMARTS) is 1. The van der Waals surface area contributed by atoms with E-state index in [9.17, 15) is 14.7 Å². The molecule has 21 heavy (non-hydrogen) atoms. The van der Waals surface area contributed by atoms with Crippen LogP contribution in [0.25, 0.3) is 0 Å². The van der Waals surface area contributed by atoms with Crippen molar-refractivity contribution >= 4 is 12.0 Å². The lowest BCUT2D eigenvalue weighted by Gasteiger charge is -2.32. The number of aliphatic carboxylic acids is 1. The number of amides is 2. The lowest BCUT2D eigenvalue weighted by Crippen LogP contribution is -2.54. The molecule has 0 aromatic heterocycles. The topological polar surface area (TPSA) is 72.9 Å². The van der Waals surface area contributed by atoms with Crippen LogP contribution in [0.4, 0.5) is 4.79 Å². The predicted molar refractivity (Wildman–Crippen MR) is 82.3 cm³/mol. The summed E-state index contributed by atoms with van der Waals surface area (Å²) in [4.78, 5) is 27.5. The molecule has 0 aliphatic carbocycles. The van der Waals surface area contributed by atoms with E-state index < -0.39 is 17.4 Å². The number of likely N-dealkylation sites (N-methyl/N-ethyl adjacent to an activating group) is 2. The molecule has 6 nitrogen and oxygen atoms in total. The minimum Gasteiger partial charge on any atom is -0.480 e. The first kappa shape index (κ1) is 17.8. The van der Waals surface area contributed by atoms with Gasteiger partial charge in [-0.15, -0.1) is 0 Å². The van der Waals surface area contributed by atoms with Gasteiger partial charge in [-0.25, -0.2) is 9.59 Å². The normalized spacial score (nSPS) is 21.1. The standard InChI is InChI=1S/C15H29N3O3/c1-6-18-9-7-8-11(18)10-17(5)14(21)16-12(13(19)20)15(2,3)4/h11-12H,6-10H2,1-5H3,(H,16,21)(H,19,20)/t11?,12-/m1/s1. The number of carbonyl (C=O) groups excluding carboxylic acids is 1. The quantitative estimate of drug-likeness (QED) is 0.809. The number of nitrogens with one attached hydrogen (secondary N) is 1. The first-order valence-electron chi connectivity index (χ1n) is 7.65. The number of hydrogen-bond acceptors (Lipinski definition) is 3. The lowest BCUT2D eigenvalue weighted by molar-refractivity contribution is -0.142. The zero-order chi connectivity index (χ0) is 16.2. The van der Waals surface area contributed by atoms with Crippen molar-refractivity contribution in [2.75, 3.05) is 26.7 Å². The summed E-state index contributed by atoms with van der Waals surface area (Å²) < 4.78 is 0. The van der Waals surface area contributed by atoms with E-state index in [1.807, 2.05) is 20.8 Å². The van der Waals surface area contributed by atoms with Crippen molar-refractivity contribution in [3.63, 3.8) is 0 Å². The third-order valence-electron chi connectivity index (χ3n) is 4.12. The van der Waals surface area contributed by atoms with E-state index in [0.29, 0.717) is 12.6 Å². The van der Waals surface area contributed by atoms with Gasteiger partial charge in [0.15, 0.2) is 0 Å². The van der Waals surface area contributed by atoms with Gasteiger partial charge in [-0.1, -0.05) is 27.7 Å². The summed E-state index contributed by atoms with van der Waals surface area (Å²) in [6, 6.07) is -0.831. The molecule has 2 amide bonds. The highest BCUT2D eigenvalue weighted by Gasteiger charge is 2.34. The Kier molecular flexibility index (Phi) is 6.01. The van der Waals surface area contributed by atoms with Crippen molar-refractivity contribution in [1.29, 1.82) is 0 Å². The van der Waals surface area contributed by atoms with Gasteiger partial charge in [0, 0.05) is 19.6 Å². The SMILES string of the molecule is CCN1CCCC1CN(C)C(=O)N[C@H](C(=O)O)C(C)(C)C. The van der Waals surface area contributed by atoms with Crippen molar-refractivity contribution in [2.24, 2.45) is 5.41 Å². The number of nitrogens with zero attached hydrogens (tertiary/aromatic N) is 2. The van der Waals surface area contributed by atoms with Gasteiger partial charge in [0.2, 0.25) is 0 Å². The Morgan fingerprint density at radius 3 is 2.52 bits per heavy atom. The molecule has 0 saturated carbocycles. The highest BCUT2D eigenvalue weighted by molar-refractivity contribution is 5.83. The van der Waals surface area contributed by atoms with Crippen LogP contribution in [-0.4, -0.2) is 65.7 Å². The van der Waals surface area contributed by atoms with Crippen LogP contribution in [0.1, 0.15) is 40.5 Å². The van der Waals surface area contributed by atoms with E-state index in [0.717, 1.165) is 25.9 Å². The van der Waals surface area contributed by atoms with E-state index in [1.54, 1.807) is 11.9 Å². The molecule has 1 rings (SSSR count). The van der Waals surface area contributed by atoms with Crippen LogP contribution in [0.15, 0.2) is 0 Å². The minimum atomic E-state index is -1.000. The van der Waals surface area contributed by atoms with Crippen LogP contribution in [0.5, 0.6) is 0 Å². The summed E-state index contributed by atoms with van der Waals surface area (Å²) in [7, 11) is 1.73. The van der Waals surface area contributed by atoms with Crippen LogP contribution in [0.2, 0.25) is 0 Å². The Labute approximate surface area is 127 Å². The molecular weight excluding hydrogens is 270 g/mol. The van der Waals surface area contributed by atoms with Gasteiger partial charge in [-0.05, 0) is 31.3 Å². The van der Waals surface area contributed by atoms with Crippen molar-refractivity contribution in [3.05, 3.63) is 0 Å². The number of carbonyl (C=O) groups is 2. The molecule has 0 bridgehead atoms. The van der Waals surface area contributed by atoms with E-state index >= 15 is 0 Å². The van der Waals surface area contributed by atoms with Crippen molar-refractivity contribution in [2.45, 2.75) is 52.6 Å². The fourth-order valence-corrected chi connectivity index (χ4v) is 2.80. The maximum Gasteiger partial charge on any atom is 0.326 e. The Bertz CT molecular complexity index is 379. The second kappa shape index (κ2) is 7.11. The van der Waals surface area contributed by atoms with Gasteiger partial charge in [0.1, 0.15) is 6.04 Å². The molecule has 1 fully saturated rings. The second-order valence-corrected chi connectivity index (χ2v) is 6.89. The van der Waals surface area contributed by atoms with Crippen LogP contribution in [0.3, 0.4) is 0 Å². The van der Waals surface area contributed by atoms with Gasteiger partial charge in [0.05, 0.1) is 0 Å². The summed E-state index contributed by atoms with van der Waals surface area (Å²) >= 11 is 0. The summed E-state index contributed by atoms with van der Waals surface area (Å²) in [5, 5.41) is 11.9. The number of hydrogen-bond donors (Lipinski definition) is 2. The second-order valence-electron chi connectivity index (χ2n) is 6.89. The van der Waals surface area contributed by atoms with Gasteiger partial charge in [-0.3, -0.25) is 4.90 Å². The smallest absolute Gasteiger partial charge is 0.326 e. The fourth-order valence-electron chi connectivity index (χ4n) is 2.80. The van der Waals surface area contributed by atoms with Gasteiger partial charge < -0.3 is 15.3 Å². The highest BCUT2D eigenvalue weighted by Crippen LogP contribution is 2.20. The number of rotatable bonds is 5. The lowest BCUT2D eigenvalue weighted by atomic mass is 9.87. The van der Waals surface area contributed by atoms with E-state index in [2.05, 4.69) is 17.1 Å². The molecule has 122 valence electrons. The molecule has 1 aliphatic heterocycles. The van der Waals surface area contributed by atoms with E-state index in [4.69, 9.17) is 0 Å². The zero-order valence-electron chi connectivity index (χ0n) is 13.8. The average Bonchev–Trinajstić information content (AvgIpc) is 2.80. The van der Waals surface area contributed by atoms with Gasteiger partial charge in [-0.2, -0.15) is 0 Å². The molecule has 6 heteroatoms. The molecule has 1 saturated heterocycles. The third kappa shape index (κ3) is 4.88. The largest absolute Gasteiger partial charge is 0.480 e. The molecule has 0 radical (unpaired) electrons. The maximum absolute atomic E-state index is 12.2. The summed E-state index contributed by atoms with van der Waals surface area (Å²) in [5.41, 5.74) is -0.523. The molecule has 2 atom stereocenters. The van der Waals surface area contributed by atoms with Gasteiger partial charge >= 0.3 is 12.0 Å². The van der Waals surface area contributed by atoms with Crippen LogP contribution < -0.4 is 5.32 Å². The Hall–Kier alpha value is -1.30. The molecular formula is C15H29N3O3. The van der Waals surface area contributed by atoms with E-state index in [-0.39, 0.29) is 6.03 Å². The molecule has 0 spiro atoms. The molecule has 1 aliphatic rings. The third-order valence-corrected chi connectivity index (χ3v) is 4.12. The van der Waals surface area contributed by atoms with Crippen molar-refractivity contribution < 1.29 is 14.7 Å². The molecule has 0 aromatic rings. The highest BCUT2D eigenvalue weighted by atomic mass is 16.4. The fraction of sp³-hybridized carbons (Fsp3) is 0.867. The first-order valence-corrected chi connectivity index (χ1v) is 7.65. The summed E-state index contributed by atoms with van der Waals surface area (Å²) in [5.74, 6) is -1.000. The Balaban J connectivity index is 2.59. The monoisotopic (exact) mass is 299 g/mol. The molecule has 2 N–H and O–H groups in total. The van der Waals surface area contributed by atoms with Crippen LogP contribution in [-0.2, 0) is 4.79 Å². The predicted octanol–water partition coefficient (Wildman–Crippen LogP) is 1.61. The zero-order valence-corrected chi connectivity index (χ0v) is 13.8. The maximum atomic E-state index is 12.2. The minimum absolute atomic E-state index is 0.319. The number of carboxylic acids is 1. The van der Waals surface area contributed by atoms with Gasteiger partial charge in [0.25, 0.3) is 0 Å². The van der Waals surface area contributed by atoms with Crippen molar-refractivity contribution in [1.82, 2.24) is 15.1 Å². The average molecular weight is 299 g/mol. The van der Waals surface area contributed by atoms with Crippen molar-refractivity contribution in [3.8, 4) is 0 Å². The summed E-state index contributed by atoms with van der Waals surface area (Å²) in [6.07, 6.45) is 2.25. The number of urea groups is 1. The van der Waals surface area contributed by atoms with Crippen LogP contribution in [0, 0.1) is 5.41 Å². The first-order chi connectivity index (χ1) is 9.66. The Morgan fingerprint density at radius 2 is 2.05 bits per heavy atom.